The van der Waals surface area contributed by atoms with E-state index in [0.29, 0.717) is 6.54 Å². The highest BCUT2D eigenvalue weighted by Crippen LogP contribution is 2.35. The molecule has 0 aliphatic carbocycles. The molecule has 10 heteroatoms. The summed E-state index contributed by atoms with van der Waals surface area (Å²) in [5.74, 6) is -0.202. The SMILES string of the molecule is COCCOc1ccc(C(F)(F)F)cc1NC(=O)CN1CCNC[C@H]1C.Cl. The number of ether oxygens (including phenoxy) is 2. The molecule has 1 atom stereocenters. The zero-order valence-electron chi connectivity index (χ0n) is 15.3. The van der Waals surface area contributed by atoms with E-state index in [-0.39, 0.29) is 55.6 Å². The zero-order chi connectivity index (χ0) is 19.2. The first-order valence-corrected chi connectivity index (χ1v) is 8.39. The van der Waals surface area contributed by atoms with Gasteiger partial charge in [-0.15, -0.1) is 12.4 Å². The maximum Gasteiger partial charge on any atom is 0.416 e. The molecule has 1 aromatic rings. The molecule has 154 valence electrons. The topological polar surface area (TPSA) is 62.8 Å². The van der Waals surface area contributed by atoms with Gasteiger partial charge in [0, 0.05) is 32.8 Å². The minimum atomic E-state index is -4.50. The first-order valence-electron chi connectivity index (χ1n) is 8.39. The first-order chi connectivity index (χ1) is 12.3. The Morgan fingerprint density at radius 3 is 2.74 bits per heavy atom. The average Bonchev–Trinajstić information content (AvgIpc) is 2.57. The Bertz CT molecular complexity index is 617. The Labute approximate surface area is 162 Å². The largest absolute Gasteiger partial charge is 0.489 e. The van der Waals surface area contributed by atoms with Gasteiger partial charge < -0.3 is 20.1 Å². The van der Waals surface area contributed by atoms with Gasteiger partial charge in [0.15, 0.2) is 0 Å². The number of rotatable bonds is 7. The third-order valence-corrected chi connectivity index (χ3v) is 4.11. The van der Waals surface area contributed by atoms with Crippen LogP contribution < -0.4 is 15.4 Å². The molecule has 1 aliphatic rings. The van der Waals surface area contributed by atoms with Crippen molar-refractivity contribution in [1.82, 2.24) is 10.2 Å². The molecule has 1 fully saturated rings. The number of alkyl halides is 3. The molecular weight excluding hydrogens is 387 g/mol. The van der Waals surface area contributed by atoms with Crippen LogP contribution >= 0.6 is 12.4 Å². The summed E-state index contributed by atoms with van der Waals surface area (Å²) in [6.45, 7) is 4.79. The second-order valence-electron chi connectivity index (χ2n) is 6.12. The lowest BCUT2D eigenvalue weighted by molar-refractivity contribution is -0.137. The van der Waals surface area contributed by atoms with Gasteiger partial charge in [-0.3, -0.25) is 9.69 Å². The first kappa shape index (κ1) is 23.5. The Kier molecular flexibility index (Phi) is 9.31. The van der Waals surface area contributed by atoms with Crippen LogP contribution in [-0.2, 0) is 15.7 Å². The molecule has 2 rings (SSSR count). The van der Waals surface area contributed by atoms with Gasteiger partial charge >= 0.3 is 6.18 Å². The number of benzene rings is 1. The summed E-state index contributed by atoms with van der Waals surface area (Å²) in [6.07, 6.45) is -4.50. The number of carbonyl (C=O) groups excluding carboxylic acids is 1. The van der Waals surface area contributed by atoms with Crippen LogP contribution in [0.3, 0.4) is 0 Å². The number of hydrogen-bond acceptors (Lipinski definition) is 5. The van der Waals surface area contributed by atoms with Crippen LogP contribution in [0.1, 0.15) is 12.5 Å². The van der Waals surface area contributed by atoms with Crippen molar-refractivity contribution in [2.24, 2.45) is 0 Å². The molecule has 1 saturated heterocycles. The van der Waals surface area contributed by atoms with Crippen molar-refractivity contribution in [2.75, 3.05) is 51.8 Å². The van der Waals surface area contributed by atoms with Gasteiger partial charge in [0.2, 0.25) is 5.91 Å². The number of anilines is 1. The van der Waals surface area contributed by atoms with Crippen molar-refractivity contribution in [3.63, 3.8) is 0 Å². The van der Waals surface area contributed by atoms with Crippen LogP contribution in [0.5, 0.6) is 5.75 Å². The summed E-state index contributed by atoms with van der Waals surface area (Å²) in [4.78, 5) is 14.3. The minimum absolute atomic E-state index is 0. The maximum atomic E-state index is 13.0. The second-order valence-corrected chi connectivity index (χ2v) is 6.12. The van der Waals surface area contributed by atoms with E-state index in [4.69, 9.17) is 9.47 Å². The molecule has 0 aromatic heterocycles. The predicted molar refractivity (Wildman–Crippen MR) is 98.6 cm³/mol. The summed E-state index contributed by atoms with van der Waals surface area (Å²) in [7, 11) is 1.49. The Morgan fingerprint density at radius 2 is 2.11 bits per heavy atom. The Morgan fingerprint density at radius 1 is 1.37 bits per heavy atom. The van der Waals surface area contributed by atoms with Crippen LogP contribution in [0.4, 0.5) is 18.9 Å². The van der Waals surface area contributed by atoms with E-state index in [2.05, 4.69) is 10.6 Å². The molecular formula is C17H25ClF3N3O3. The highest BCUT2D eigenvalue weighted by molar-refractivity contribution is 5.93. The fourth-order valence-electron chi connectivity index (χ4n) is 2.66. The lowest BCUT2D eigenvalue weighted by Gasteiger charge is -2.33. The number of carbonyl (C=O) groups is 1. The molecule has 0 radical (unpaired) electrons. The molecule has 6 nitrogen and oxygen atoms in total. The monoisotopic (exact) mass is 411 g/mol. The summed E-state index contributed by atoms with van der Waals surface area (Å²) in [5, 5.41) is 5.77. The second kappa shape index (κ2) is 10.7. The number of halogens is 4. The number of nitrogens with one attached hydrogen (secondary N) is 2. The van der Waals surface area contributed by atoms with Crippen LogP contribution in [0.2, 0.25) is 0 Å². The van der Waals surface area contributed by atoms with Crippen LogP contribution in [0, 0.1) is 0 Å². The molecule has 0 saturated carbocycles. The Hall–Kier alpha value is -1.55. The number of methoxy groups -OCH3 is 1. The molecule has 0 spiro atoms. The standard InChI is InChI=1S/C17H24F3N3O3.ClH/c1-12-10-21-5-6-23(12)11-16(24)22-14-9-13(17(18,19)20)3-4-15(14)26-8-7-25-2;/h3-4,9,12,21H,5-8,10-11H2,1-2H3,(H,22,24);1H/t12-;/m1./s1. The Balaban J connectivity index is 0.00000364. The normalized spacial score (nSPS) is 17.9. The van der Waals surface area contributed by atoms with E-state index in [1.54, 1.807) is 0 Å². The molecule has 0 unspecified atom stereocenters. The van der Waals surface area contributed by atoms with Gasteiger partial charge in [0.25, 0.3) is 0 Å². The highest BCUT2D eigenvalue weighted by atomic mass is 35.5. The van der Waals surface area contributed by atoms with E-state index in [1.165, 1.54) is 13.2 Å². The van der Waals surface area contributed by atoms with Gasteiger partial charge in [0.1, 0.15) is 12.4 Å². The van der Waals surface area contributed by atoms with Crippen molar-refractivity contribution in [2.45, 2.75) is 19.1 Å². The molecule has 27 heavy (non-hydrogen) atoms. The number of hydrogen-bond donors (Lipinski definition) is 2. The van der Waals surface area contributed by atoms with Crippen molar-refractivity contribution < 1.29 is 27.4 Å². The number of piperazine rings is 1. The van der Waals surface area contributed by atoms with E-state index >= 15 is 0 Å². The molecule has 0 bridgehead atoms. The van der Waals surface area contributed by atoms with Crippen molar-refractivity contribution in [1.29, 1.82) is 0 Å². The van der Waals surface area contributed by atoms with E-state index in [0.717, 1.165) is 25.2 Å². The van der Waals surface area contributed by atoms with Gasteiger partial charge in [-0.25, -0.2) is 0 Å². The predicted octanol–water partition coefficient (Wildman–Crippen LogP) is 2.38. The van der Waals surface area contributed by atoms with Crippen molar-refractivity contribution in [3.8, 4) is 5.75 Å². The molecule has 1 aromatic carbocycles. The summed E-state index contributed by atoms with van der Waals surface area (Å²) in [6, 6.07) is 3.20. The third kappa shape index (κ3) is 7.17. The third-order valence-electron chi connectivity index (χ3n) is 4.11. The van der Waals surface area contributed by atoms with Gasteiger partial charge in [0.05, 0.1) is 24.4 Å². The molecule has 2 N–H and O–H groups in total. The minimum Gasteiger partial charge on any atom is -0.489 e. The maximum absolute atomic E-state index is 13.0. The summed E-state index contributed by atoms with van der Waals surface area (Å²) < 4.78 is 49.2. The average molecular weight is 412 g/mol. The van der Waals surface area contributed by atoms with Crippen LogP contribution in [-0.4, -0.2) is 63.4 Å². The number of nitrogens with zero attached hydrogens (tertiary/aromatic N) is 1. The lowest BCUT2D eigenvalue weighted by Crippen LogP contribution is -2.52. The van der Waals surface area contributed by atoms with E-state index in [9.17, 15) is 18.0 Å². The van der Waals surface area contributed by atoms with Gasteiger partial charge in [-0.1, -0.05) is 0 Å². The quantitative estimate of drug-likeness (QED) is 0.675. The van der Waals surface area contributed by atoms with Crippen LogP contribution in [0.15, 0.2) is 18.2 Å². The van der Waals surface area contributed by atoms with E-state index in [1.807, 2.05) is 11.8 Å². The molecule has 1 aliphatic heterocycles. The fraction of sp³-hybridized carbons (Fsp3) is 0.588. The van der Waals surface area contributed by atoms with Crippen molar-refractivity contribution in [3.05, 3.63) is 23.8 Å². The fourth-order valence-corrected chi connectivity index (χ4v) is 2.66. The van der Waals surface area contributed by atoms with Crippen LogP contribution in [0.25, 0.3) is 0 Å². The van der Waals surface area contributed by atoms with E-state index < -0.39 is 11.7 Å². The molecule has 1 heterocycles. The van der Waals surface area contributed by atoms with Gasteiger partial charge in [-0.2, -0.15) is 13.2 Å². The summed E-state index contributed by atoms with van der Waals surface area (Å²) in [5.41, 5.74) is -0.842. The van der Waals surface area contributed by atoms with Crippen molar-refractivity contribution >= 4 is 24.0 Å². The summed E-state index contributed by atoms with van der Waals surface area (Å²) >= 11 is 0. The highest BCUT2D eigenvalue weighted by Gasteiger charge is 2.31. The van der Waals surface area contributed by atoms with Gasteiger partial charge in [-0.05, 0) is 25.1 Å². The zero-order valence-corrected chi connectivity index (χ0v) is 16.1. The number of amides is 1. The smallest absolute Gasteiger partial charge is 0.416 e. The lowest BCUT2D eigenvalue weighted by atomic mass is 10.1. The molecule has 1 amide bonds.